The SMILES string of the molecule is CCCC1=NN(c2ccc(C)c(C)c2)C(=O)C1N=Nc1cccc(-c2cccc(C(=O)O)c2)c1. The van der Waals surface area contributed by atoms with E-state index in [-0.39, 0.29) is 11.5 Å². The molecule has 0 aliphatic carbocycles. The fraction of sp³-hybridized carbons (Fsp3) is 0.222. The Kier molecular flexibility index (Phi) is 6.63. The lowest BCUT2D eigenvalue weighted by atomic mass is 10.0. The Morgan fingerprint density at radius 2 is 1.74 bits per heavy atom. The van der Waals surface area contributed by atoms with E-state index in [0.29, 0.717) is 17.8 Å². The van der Waals surface area contributed by atoms with Crippen LogP contribution in [0.25, 0.3) is 11.1 Å². The summed E-state index contributed by atoms with van der Waals surface area (Å²) < 4.78 is 0. The van der Waals surface area contributed by atoms with E-state index in [1.165, 1.54) is 5.01 Å². The Bertz CT molecular complexity index is 1310. The van der Waals surface area contributed by atoms with Crippen LogP contribution in [-0.4, -0.2) is 28.7 Å². The van der Waals surface area contributed by atoms with E-state index >= 15 is 0 Å². The second-order valence-corrected chi connectivity index (χ2v) is 8.31. The third-order valence-electron chi connectivity index (χ3n) is 5.81. The van der Waals surface area contributed by atoms with Gasteiger partial charge in [0, 0.05) is 0 Å². The minimum absolute atomic E-state index is 0.216. The Morgan fingerprint density at radius 1 is 1.00 bits per heavy atom. The van der Waals surface area contributed by atoms with Crippen molar-refractivity contribution in [2.24, 2.45) is 15.3 Å². The fourth-order valence-corrected chi connectivity index (χ4v) is 3.80. The normalized spacial score (nSPS) is 15.7. The Labute approximate surface area is 198 Å². The highest BCUT2D eigenvalue weighted by Crippen LogP contribution is 2.28. The van der Waals surface area contributed by atoms with Crippen molar-refractivity contribution >= 4 is 29.0 Å². The van der Waals surface area contributed by atoms with Gasteiger partial charge in [-0.05, 0) is 78.9 Å². The molecule has 1 aliphatic rings. The van der Waals surface area contributed by atoms with Crippen LogP contribution >= 0.6 is 0 Å². The lowest BCUT2D eigenvalue weighted by Crippen LogP contribution is -2.30. The maximum atomic E-state index is 13.2. The average molecular weight is 455 g/mol. The number of anilines is 1. The number of benzene rings is 3. The highest BCUT2D eigenvalue weighted by atomic mass is 16.4. The number of carboxylic acids is 1. The molecule has 34 heavy (non-hydrogen) atoms. The van der Waals surface area contributed by atoms with Crippen molar-refractivity contribution < 1.29 is 14.7 Å². The monoisotopic (exact) mass is 454 g/mol. The number of azo groups is 1. The van der Waals surface area contributed by atoms with E-state index in [9.17, 15) is 14.7 Å². The molecule has 7 nitrogen and oxygen atoms in total. The first-order valence-electron chi connectivity index (χ1n) is 11.2. The van der Waals surface area contributed by atoms with Crippen LogP contribution in [0.4, 0.5) is 11.4 Å². The van der Waals surface area contributed by atoms with Gasteiger partial charge < -0.3 is 5.11 Å². The number of rotatable bonds is 7. The average Bonchev–Trinajstić information content (AvgIpc) is 3.15. The summed E-state index contributed by atoms with van der Waals surface area (Å²) in [5, 5.41) is 24.0. The number of amides is 1. The van der Waals surface area contributed by atoms with Crippen molar-refractivity contribution in [2.45, 2.75) is 39.7 Å². The van der Waals surface area contributed by atoms with E-state index in [0.717, 1.165) is 34.4 Å². The smallest absolute Gasteiger partial charge is 0.335 e. The van der Waals surface area contributed by atoms with Crippen molar-refractivity contribution in [3.8, 4) is 11.1 Å². The molecule has 1 amide bonds. The van der Waals surface area contributed by atoms with E-state index in [1.54, 1.807) is 24.3 Å². The molecular formula is C27H26N4O3. The van der Waals surface area contributed by atoms with Gasteiger partial charge >= 0.3 is 5.97 Å². The van der Waals surface area contributed by atoms with Crippen molar-refractivity contribution in [2.75, 3.05) is 5.01 Å². The quantitative estimate of drug-likeness (QED) is 0.423. The van der Waals surface area contributed by atoms with Crippen LogP contribution in [-0.2, 0) is 4.79 Å². The number of aryl methyl sites for hydroxylation is 2. The van der Waals surface area contributed by atoms with Gasteiger partial charge in [-0.2, -0.15) is 20.3 Å². The number of carbonyl (C=O) groups excluding carboxylic acids is 1. The van der Waals surface area contributed by atoms with Gasteiger partial charge in [0.15, 0.2) is 6.04 Å². The lowest BCUT2D eigenvalue weighted by molar-refractivity contribution is -0.117. The Morgan fingerprint density at radius 3 is 2.44 bits per heavy atom. The third kappa shape index (κ3) is 4.78. The number of hydrogen-bond acceptors (Lipinski definition) is 5. The molecule has 3 aromatic rings. The van der Waals surface area contributed by atoms with E-state index in [2.05, 4.69) is 15.3 Å². The molecule has 1 aliphatic heterocycles. The number of nitrogens with zero attached hydrogens (tertiary/aromatic N) is 4. The number of carbonyl (C=O) groups is 2. The summed E-state index contributed by atoms with van der Waals surface area (Å²) in [5.41, 5.74) is 6.03. The first-order chi connectivity index (χ1) is 16.4. The predicted molar refractivity (Wildman–Crippen MR) is 133 cm³/mol. The molecule has 0 saturated heterocycles. The molecule has 7 heteroatoms. The van der Waals surface area contributed by atoms with Crippen LogP contribution in [0, 0.1) is 13.8 Å². The van der Waals surface area contributed by atoms with Gasteiger partial charge in [-0.25, -0.2) is 4.79 Å². The number of hydrazone groups is 1. The Balaban J connectivity index is 1.60. The van der Waals surface area contributed by atoms with E-state index < -0.39 is 12.0 Å². The molecule has 1 atom stereocenters. The summed E-state index contributed by atoms with van der Waals surface area (Å²) >= 11 is 0. The summed E-state index contributed by atoms with van der Waals surface area (Å²) in [5.74, 6) is -1.20. The zero-order chi connectivity index (χ0) is 24.2. The van der Waals surface area contributed by atoms with Gasteiger partial charge in [-0.15, -0.1) is 0 Å². The summed E-state index contributed by atoms with van der Waals surface area (Å²) in [4.78, 5) is 24.5. The van der Waals surface area contributed by atoms with Gasteiger partial charge in [0.1, 0.15) is 0 Å². The first-order valence-corrected chi connectivity index (χ1v) is 11.2. The summed E-state index contributed by atoms with van der Waals surface area (Å²) in [6.45, 7) is 6.07. The topological polar surface area (TPSA) is 94.7 Å². The molecular weight excluding hydrogens is 428 g/mol. The molecule has 0 spiro atoms. The maximum absolute atomic E-state index is 13.2. The molecule has 172 valence electrons. The highest BCUT2D eigenvalue weighted by molar-refractivity contribution is 6.19. The van der Waals surface area contributed by atoms with Crippen LogP contribution in [0.5, 0.6) is 0 Å². The maximum Gasteiger partial charge on any atom is 0.335 e. The molecule has 1 N–H and O–H groups in total. The van der Waals surface area contributed by atoms with Gasteiger partial charge in [-0.1, -0.05) is 43.7 Å². The zero-order valence-corrected chi connectivity index (χ0v) is 19.4. The standard InChI is InChI=1S/C27H26N4O3/c1-4-7-24-25(26(32)31(30-24)23-13-12-17(2)18(3)14-23)29-28-22-11-6-9-20(16-22)19-8-5-10-21(15-19)27(33)34/h5-6,8-16,25H,4,7H2,1-3H3,(H,33,34). The molecule has 0 saturated carbocycles. The predicted octanol–water partition coefficient (Wildman–Crippen LogP) is 6.32. The van der Waals surface area contributed by atoms with Crippen LogP contribution in [0.2, 0.25) is 0 Å². The number of hydrogen-bond donors (Lipinski definition) is 1. The van der Waals surface area contributed by atoms with Gasteiger partial charge in [0.2, 0.25) is 0 Å². The highest BCUT2D eigenvalue weighted by Gasteiger charge is 2.36. The third-order valence-corrected chi connectivity index (χ3v) is 5.81. The molecule has 1 unspecified atom stereocenters. The Hall–Kier alpha value is -4.13. The second-order valence-electron chi connectivity index (χ2n) is 8.31. The van der Waals surface area contributed by atoms with Crippen LogP contribution in [0.3, 0.4) is 0 Å². The second kappa shape index (κ2) is 9.79. The molecule has 0 bridgehead atoms. The summed E-state index contributed by atoms with van der Waals surface area (Å²) in [7, 11) is 0. The summed E-state index contributed by atoms with van der Waals surface area (Å²) in [6, 6.07) is 19.1. The molecule has 0 radical (unpaired) electrons. The summed E-state index contributed by atoms with van der Waals surface area (Å²) in [6.07, 6.45) is 1.49. The van der Waals surface area contributed by atoms with Crippen molar-refractivity contribution in [3.63, 3.8) is 0 Å². The van der Waals surface area contributed by atoms with E-state index in [4.69, 9.17) is 0 Å². The van der Waals surface area contributed by atoms with E-state index in [1.807, 2.05) is 63.2 Å². The molecule has 0 fully saturated rings. The van der Waals surface area contributed by atoms with Crippen LogP contribution in [0.15, 0.2) is 82.1 Å². The molecule has 0 aromatic heterocycles. The van der Waals surface area contributed by atoms with Gasteiger partial charge in [0.25, 0.3) is 5.91 Å². The van der Waals surface area contributed by atoms with Crippen molar-refractivity contribution in [1.82, 2.24) is 0 Å². The van der Waals surface area contributed by atoms with Crippen LogP contribution < -0.4 is 5.01 Å². The van der Waals surface area contributed by atoms with Crippen molar-refractivity contribution in [3.05, 3.63) is 83.4 Å². The van der Waals surface area contributed by atoms with Gasteiger partial charge in [0.05, 0.1) is 22.6 Å². The minimum Gasteiger partial charge on any atom is -0.478 e. The number of carboxylic acid groups (broad SMARTS) is 1. The minimum atomic E-state index is -0.978. The fourth-order valence-electron chi connectivity index (χ4n) is 3.80. The molecule has 3 aromatic carbocycles. The van der Waals surface area contributed by atoms with Crippen molar-refractivity contribution in [1.29, 1.82) is 0 Å². The van der Waals surface area contributed by atoms with Crippen LogP contribution in [0.1, 0.15) is 41.3 Å². The van der Waals surface area contributed by atoms with Gasteiger partial charge in [-0.3, -0.25) is 4.79 Å². The molecule has 1 heterocycles. The molecule has 4 rings (SSSR count). The zero-order valence-electron chi connectivity index (χ0n) is 19.4. The largest absolute Gasteiger partial charge is 0.478 e. The number of aromatic carboxylic acids is 1. The first kappa shape index (κ1) is 23.0. The lowest BCUT2D eigenvalue weighted by Gasteiger charge is -2.14.